The van der Waals surface area contributed by atoms with Crippen LogP contribution in [0.2, 0.25) is 0 Å². The highest BCUT2D eigenvalue weighted by Crippen LogP contribution is 2.28. The van der Waals surface area contributed by atoms with E-state index in [2.05, 4.69) is 19.9 Å². The van der Waals surface area contributed by atoms with Crippen LogP contribution >= 0.6 is 0 Å². The summed E-state index contributed by atoms with van der Waals surface area (Å²) in [6.07, 6.45) is 1.63. The molecule has 3 heterocycles. The summed E-state index contributed by atoms with van der Waals surface area (Å²) in [6.45, 7) is 2.76. The van der Waals surface area contributed by atoms with E-state index in [0.29, 0.717) is 37.8 Å². The number of hydrogen-bond donors (Lipinski definition) is 3. The lowest BCUT2D eigenvalue weighted by Gasteiger charge is -2.34. The Bertz CT molecular complexity index is 928. The van der Waals surface area contributed by atoms with Crippen LogP contribution in [0.1, 0.15) is 0 Å². The molecule has 9 heteroatoms. The van der Waals surface area contributed by atoms with Crippen molar-refractivity contribution >= 4 is 23.1 Å². The van der Waals surface area contributed by atoms with Gasteiger partial charge in [-0.1, -0.05) is 0 Å². The molecule has 1 fully saturated rings. The van der Waals surface area contributed by atoms with Gasteiger partial charge in [0.05, 0.1) is 13.4 Å². The van der Waals surface area contributed by atoms with Crippen molar-refractivity contribution in [2.45, 2.75) is 0 Å². The van der Waals surface area contributed by atoms with Gasteiger partial charge < -0.3 is 25.3 Å². The van der Waals surface area contributed by atoms with Gasteiger partial charge in [0, 0.05) is 31.7 Å². The molecule has 0 spiro atoms. The Morgan fingerprint density at radius 2 is 1.88 bits per heavy atom. The predicted molar refractivity (Wildman–Crippen MR) is 99.4 cm³/mol. The maximum atomic E-state index is 7.56. The predicted octanol–water partition coefficient (Wildman–Crippen LogP) is 1.04. The molecule has 26 heavy (non-hydrogen) atoms. The maximum Gasteiger partial charge on any atom is 0.228 e. The molecule has 0 bridgehead atoms. The molecular formula is C17H20N8O. The molecule has 1 aliphatic heterocycles. The van der Waals surface area contributed by atoms with E-state index in [4.69, 9.17) is 20.9 Å². The molecule has 1 aliphatic rings. The van der Waals surface area contributed by atoms with E-state index in [1.807, 2.05) is 29.2 Å². The molecule has 4 rings (SSSR count). The van der Waals surface area contributed by atoms with E-state index < -0.39 is 0 Å². The van der Waals surface area contributed by atoms with Gasteiger partial charge in [-0.3, -0.25) is 5.41 Å². The monoisotopic (exact) mass is 352 g/mol. The van der Waals surface area contributed by atoms with Crippen LogP contribution in [0.3, 0.4) is 0 Å². The number of methoxy groups -OCH3 is 1. The van der Waals surface area contributed by atoms with E-state index in [1.165, 1.54) is 0 Å². The first-order chi connectivity index (χ1) is 12.7. The van der Waals surface area contributed by atoms with Crippen LogP contribution in [-0.4, -0.2) is 64.1 Å². The van der Waals surface area contributed by atoms with Gasteiger partial charge in [-0.2, -0.15) is 4.98 Å². The smallest absolute Gasteiger partial charge is 0.228 e. The minimum Gasteiger partial charge on any atom is -0.497 e. The molecule has 0 saturated carbocycles. The Kier molecular flexibility index (Phi) is 4.04. The van der Waals surface area contributed by atoms with Crippen LogP contribution in [0.15, 0.2) is 30.6 Å². The normalized spacial score (nSPS) is 14.7. The molecule has 4 N–H and O–H groups in total. The molecule has 1 saturated heterocycles. The molecule has 0 radical (unpaired) electrons. The van der Waals surface area contributed by atoms with E-state index in [1.54, 1.807) is 13.4 Å². The van der Waals surface area contributed by atoms with Crippen molar-refractivity contribution in [2.75, 3.05) is 38.2 Å². The van der Waals surface area contributed by atoms with Crippen molar-refractivity contribution < 1.29 is 4.74 Å². The summed E-state index contributed by atoms with van der Waals surface area (Å²) < 4.78 is 5.23. The highest BCUT2D eigenvalue weighted by atomic mass is 16.5. The van der Waals surface area contributed by atoms with Crippen LogP contribution in [0.4, 0.5) is 5.95 Å². The Balaban J connectivity index is 1.70. The fourth-order valence-electron chi connectivity index (χ4n) is 3.07. The molecule has 0 unspecified atom stereocenters. The number of anilines is 1. The number of ether oxygens (including phenoxy) is 1. The Labute approximate surface area is 150 Å². The highest BCUT2D eigenvalue weighted by Gasteiger charge is 2.22. The number of aromatic nitrogens is 4. The highest BCUT2D eigenvalue weighted by molar-refractivity contribution is 5.88. The summed E-state index contributed by atoms with van der Waals surface area (Å²) in [4.78, 5) is 20.8. The van der Waals surface area contributed by atoms with Gasteiger partial charge in [0.2, 0.25) is 5.95 Å². The van der Waals surface area contributed by atoms with Gasteiger partial charge in [-0.15, -0.1) is 0 Å². The number of aromatic amines is 1. The van der Waals surface area contributed by atoms with Gasteiger partial charge >= 0.3 is 0 Å². The van der Waals surface area contributed by atoms with Crippen LogP contribution < -0.4 is 15.4 Å². The van der Waals surface area contributed by atoms with Crippen molar-refractivity contribution in [3.8, 4) is 17.0 Å². The molecule has 134 valence electrons. The van der Waals surface area contributed by atoms with Gasteiger partial charge in [-0.25, -0.2) is 9.97 Å². The largest absolute Gasteiger partial charge is 0.497 e. The third kappa shape index (κ3) is 2.87. The average molecular weight is 352 g/mol. The summed E-state index contributed by atoms with van der Waals surface area (Å²) in [5, 5.41) is 7.56. The van der Waals surface area contributed by atoms with Crippen molar-refractivity contribution in [3.63, 3.8) is 0 Å². The lowest BCUT2D eigenvalue weighted by molar-refractivity contribution is 0.377. The topological polar surface area (TPSA) is 120 Å². The van der Waals surface area contributed by atoms with Gasteiger partial charge in [0.15, 0.2) is 11.6 Å². The zero-order chi connectivity index (χ0) is 18.1. The molecule has 0 atom stereocenters. The zero-order valence-corrected chi connectivity index (χ0v) is 14.4. The van der Waals surface area contributed by atoms with Crippen molar-refractivity contribution in [1.82, 2.24) is 24.8 Å². The van der Waals surface area contributed by atoms with Crippen LogP contribution in [0, 0.1) is 5.41 Å². The number of piperazine rings is 1. The molecule has 0 amide bonds. The van der Waals surface area contributed by atoms with Crippen molar-refractivity contribution in [1.29, 1.82) is 5.41 Å². The van der Waals surface area contributed by atoms with Crippen LogP contribution in [0.25, 0.3) is 22.4 Å². The maximum absolute atomic E-state index is 7.56. The first-order valence-corrected chi connectivity index (χ1v) is 8.35. The minimum absolute atomic E-state index is 0.104. The number of imidazole rings is 1. The zero-order valence-electron chi connectivity index (χ0n) is 14.4. The number of guanidine groups is 1. The van der Waals surface area contributed by atoms with E-state index >= 15 is 0 Å². The fourth-order valence-corrected chi connectivity index (χ4v) is 3.07. The summed E-state index contributed by atoms with van der Waals surface area (Å²) in [6, 6.07) is 7.76. The van der Waals surface area contributed by atoms with Gasteiger partial charge in [0.25, 0.3) is 0 Å². The average Bonchev–Trinajstić information content (AvgIpc) is 3.16. The van der Waals surface area contributed by atoms with Crippen molar-refractivity contribution in [2.24, 2.45) is 5.73 Å². The summed E-state index contributed by atoms with van der Waals surface area (Å²) >= 11 is 0. The number of benzene rings is 1. The quantitative estimate of drug-likeness (QED) is 0.476. The lowest BCUT2D eigenvalue weighted by Crippen LogP contribution is -2.51. The number of fused-ring (bicyclic) bond motifs is 1. The molecule has 1 aromatic carbocycles. The van der Waals surface area contributed by atoms with Gasteiger partial charge in [0.1, 0.15) is 17.0 Å². The molecular weight excluding hydrogens is 332 g/mol. The first kappa shape index (κ1) is 16.1. The molecule has 9 nitrogen and oxygen atoms in total. The molecule has 0 aliphatic carbocycles. The number of nitrogens with zero attached hydrogens (tertiary/aromatic N) is 5. The third-order valence-electron chi connectivity index (χ3n) is 4.54. The number of rotatable bonds is 3. The van der Waals surface area contributed by atoms with Crippen molar-refractivity contribution in [3.05, 3.63) is 30.6 Å². The number of nitrogens with one attached hydrogen (secondary N) is 2. The summed E-state index contributed by atoms with van der Waals surface area (Å²) in [5.74, 6) is 1.54. The fraction of sp³-hybridized carbons (Fsp3) is 0.294. The van der Waals surface area contributed by atoms with Crippen LogP contribution in [-0.2, 0) is 0 Å². The molecule has 3 aromatic rings. The summed E-state index contributed by atoms with van der Waals surface area (Å²) in [7, 11) is 1.64. The molecule has 2 aromatic heterocycles. The second kappa shape index (κ2) is 6.51. The first-order valence-electron chi connectivity index (χ1n) is 8.35. The minimum atomic E-state index is 0.104. The Morgan fingerprint density at radius 1 is 1.15 bits per heavy atom. The van der Waals surface area contributed by atoms with E-state index in [-0.39, 0.29) is 5.96 Å². The van der Waals surface area contributed by atoms with E-state index in [9.17, 15) is 0 Å². The lowest BCUT2D eigenvalue weighted by atomic mass is 10.1. The SMILES string of the molecule is COc1ccc(-c2nc(N3CCN(C(=N)N)CC3)nc3nc[nH]c23)cc1. The third-order valence-corrected chi connectivity index (χ3v) is 4.54. The van der Waals surface area contributed by atoms with Gasteiger partial charge in [-0.05, 0) is 24.3 Å². The Hall–Kier alpha value is -3.36. The Morgan fingerprint density at radius 3 is 2.54 bits per heavy atom. The second-order valence-corrected chi connectivity index (χ2v) is 6.06. The standard InChI is InChI=1S/C17H20N8O/c1-26-12-4-2-11(3-5-12)13-14-15(21-10-20-14)23-17(22-13)25-8-6-24(7-9-25)16(18)19/h2-5,10H,6-9H2,1H3,(H3,18,19)(H,20,21,22,23). The number of H-pyrrole nitrogens is 1. The number of hydrogen-bond acceptors (Lipinski definition) is 6. The number of nitrogens with two attached hydrogens (primary N) is 1. The second-order valence-electron chi connectivity index (χ2n) is 6.06. The van der Waals surface area contributed by atoms with E-state index in [0.717, 1.165) is 22.5 Å². The summed E-state index contributed by atoms with van der Waals surface area (Å²) in [5.41, 5.74) is 8.78. The van der Waals surface area contributed by atoms with Crippen LogP contribution in [0.5, 0.6) is 5.75 Å².